The van der Waals surface area contributed by atoms with Gasteiger partial charge in [-0.2, -0.15) is 0 Å². The second kappa shape index (κ2) is 6.06. The van der Waals surface area contributed by atoms with Crippen LogP contribution in [0.3, 0.4) is 0 Å². The van der Waals surface area contributed by atoms with Gasteiger partial charge in [-0.25, -0.2) is 0 Å². The lowest BCUT2D eigenvalue weighted by Crippen LogP contribution is -2.27. The van der Waals surface area contributed by atoms with E-state index in [2.05, 4.69) is 44.3 Å². The average Bonchev–Trinajstić information content (AvgIpc) is 2.27. The molecule has 0 bridgehead atoms. The molecular weight excluding hydrogens is 210 g/mol. The summed E-state index contributed by atoms with van der Waals surface area (Å²) in [5, 5.41) is 3.25. The first kappa shape index (κ1) is 14.0. The summed E-state index contributed by atoms with van der Waals surface area (Å²) in [5.74, 6) is 1.01. The van der Waals surface area contributed by atoms with E-state index in [4.69, 9.17) is 4.74 Å². The molecule has 1 N–H and O–H groups in total. The Morgan fingerprint density at radius 1 is 1.29 bits per heavy atom. The SMILES string of the molecule is CNCC(C)(C)CCc1cc(C)ccc1OC. The van der Waals surface area contributed by atoms with Gasteiger partial charge in [-0.3, -0.25) is 0 Å². The third kappa shape index (κ3) is 4.39. The number of methoxy groups -OCH3 is 1. The summed E-state index contributed by atoms with van der Waals surface area (Å²) in [5.41, 5.74) is 2.94. The molecule has 0 radical (unpaired) electrons. The molecule has 1 aromatic rings. The van der Waals surface area contributed by atoms with Crippen molar-refractivity contribution < 1.29 is 4.74 Å². The molecule has 0 heterocycles. The Bertz CT molecular complexity index is 358. The number of benzene rings is 1. The van der Waals surface area contributed by atoms with Crippen LogP contribution in [0.15, 0.2) is 18.2 Å². The molecule has 2 heteroatoms. The van der Waals surface area contributed by atoms with E-state index in [0.717, 1.165) is 25.1 Å². The van der Waals surface area contributed by atoms with Crippen LogP contribution < -0.4 is 10.1 Å². The molecule has 0 saturated carbocycles. The van der Waals surface area contributed by atoms with Crippen molar-refractivity contribution in [2.45, 2.75) is 33.6 Å². The van der Waals surface area contributed by atoms with E-state index in [1.807, 2.05) is 7.05 Å². The van der Waals surface area contributed by atoms with E-state index < -0.39 is 0 Å². The van der Waals surface area contributed by atoms with Gasteiger partial charge in [0.15, 0.2) is 0 Å². The lowest BCUT2D eigenvalue weighted by Gasteiger charge is -2.24. The third-order valence-corrected chi connectivity index (χ3v) is 3.16. The highest BCUT2D eigenvalue weighted by Crippen LogP contribution is 2.26. The summed E-state index contributed by atoms with van der Waals surface area (Å²) < 4.78 is 5.41. The molecule has 17 heavy (non-hydrogen) atoms. The monoisotopic (exact) mass is 235 g/mol. The number of nitrogens with one attached hydrogen (secondary N) is 1. The van der Waals surface area contributed by atoms with Crippen LogP contribution in [0, 0.1) is 12.3 Å². The number of hydrogen-bond donors (Lipinski definition) is 1. The first-order chi connectivity index (χ1) is 7.98. The Kier molecular flexibility index (Phi) is 5.01. The van der Waals surface area contributed by atoms with Crippen molar-refractivity contribution in [2.24, 2.45) is 5.41 Å². The van der Waals surface area contributed by atoms with Crippen LogP contribution in [0.5, 0.6) is 5.75 Å². The highest BCUT2D eigenvalue weighted by Gasteiger charge is 2.17. The minimum atomic E-state index is 0.323. The quantitative estimate of drug-likeness (QED) is 0.817. The largest absolute Gasteiger partial charge is 0.496 e. The fourth-order valence-electron chi connectivity index (χ4n) is 2.14. The normalized spacial score (nSPS) is 11.6. The highest BCUT2D eigenvalue weighted by molar-refractivity contribution is 5.37. The Morgan fingerprint density at radius 2 is 2.00 bits per heavy atom. The van der Waals surface area contributed by atoms with Crippen LogP contribution in [0.4, 0.5) is 0 Å². The maximum Gasteiger partial charge on any atom is 0.122 e. The maximum atomic E-state index is 5.41. The van der Waals surface area contributed by atoms with Crippen molar-refractivity contribution in [3.05, 3.63) is 29.3 Å². The van der Waals surface area contributed by atoms with Crippen LogP contribution in [0.25, 0.3) is 0 Å². The molecule has 2 nitrogen and oxygen atoms in total. The Labute approximate surface area is 105 Å². The van der Waals surface area contributed by atoms with Crippen LogP contribution in [0.2, 0.25) is 0 Å². The van der Waals surface area contributed by atoms with E-state index >= 15 is 0 Å². The van der Waals surface area contributed by atoms with Crippen molar-refractivity contribution in [3.8, 4) is 5.75 Å². The van der Waals surface area contributed by atoms with E-state index in [0.29, 0.717) is 5.41 Å². The van der Waals surface area contributed by atoms with Gasteiger partial charge in [0.25, 0.3) is 0 Å². The molecule has 0 aromatic heterocycles. The van der Waals surface area contributed by atoms with E-state index in [-0.39, 0.29) is 0 Å². The molecule has 0 spiro atoms. The molecule has 1 rings (SSSR count). The zero-order chi connectivity index (χ0) is 12.9. The summed E-state index contributed by atoms with van der Waals surface area (Å²) in [7, 11) is 3.75. The van der Waals surface area contributed by atoms with Gasteiger partial charge in [0, 0.05) is 0 Å². The predicted octanol–water partition coefficient (Wildman–Crippen LogP) is 3.18. The first-order valence-electron chi connectivity index (χ1n) is 6.26. The fourth-order valence-corrected chi connectivity index (χ4v) is 2.14. The molecule has 0 aliphatic carbocycles. The Balaban J connectivity index is 2.71. The average molecular weight is 235 g/mol. The molecule has 1 aromatic carbocycles. The van der Waals surface area contributed by atoms with Crippen LogP contribution in [0.1, 0.15) is 31.4 Å². The molecule has 0 fully saturated rings. The molecule has 0 saturated heterocycles. The summed E-state index contributed by atoms with van der Waals surface area (Å²) >= 11 is 0. The number of rotatable bonds is 6. The Hall–Kier alpha value is -1.02. The lowest BCUT2D eigenvalue weighted by atomic mass is 9.86. The lowest BCUT2D eigenvalue weighted by molar-refractivity contribution is 0.321. The number of ether oxygens (including phenoxy) is 1. The maximum absolute atomic E-state index is 5.41. The van der Waals surface area contributed by atoms with Crippen molar-refractivity contribution in [3.63, 3.8) is 0 Å². The Morgan fingerprint density at radius 3 is 2.59 bits per heavy atom. The smallest absolute Gasteiger partial charge is 0.122 e. The molecule has 0 aliphatic rings. The van der Waals surface area contributed by atoms with Crippen molar-refractivity contribution in [2.75, 3.05) is 20.7 Å². The van der Waals surface area contributed by atoms with Gasteiger partial charge in [-0.1, -0.05) is 31.5 Å². The van der Waals surface area contributed by atoms with E-state index in [9.17, 15) is 0 Å². The van der Waals surface area contributed by atoms with Crippen LogP contribution in [-0.4, -0.2) is 20.7 Å². The van der Waals surface area contributed by atoms with Gasteiger partial charge in [0.1, 0.15) is 5.75 Å². The van der Waals surface area contributed by atoms with Crippen LogP contribution in [-0.2, 0) is 6.42 Å². The van der Waals surface area contributed by atoms with E-state index in [1.165, 1.54) is 11.1 Å². The zero-order valence-electron chi connectivity index (χ0n) is 11.8. The van der Waals surface area contributed by atoms with Gasteiger partial charge in [-0.15, -0.1) is 0 Å². The van der Waals surface area contributed by atoms with Gasteiger partial charge in [0.2, 0.25) is 0 Å². The topological polar surface area (TPSA) is 21.3 Å². The third-order valence-electron chi connectivity index (χ3n) is 3.16. The molecule has 0 aliphatic heterocycles. The number of aryl methyl sites for hydroxylation is 2. The molecule has 0 atom stereocenters. The molecule has 0 unspecified atom stereocenters. The minimum absolute atomic E-state index is 0.323. The van der Waals surface area contributed by atoms with Crippen molar-refractivity contribution >= 4 is 0 Å². The van der Waals surface area contributed by atoms with Crippen molar-refractivity contribution in [1.82, 2.24) is 5.32 Å². The summed E-state index contributed by atoms with van der Waals surface area (Å²) in [6.45, 7) is 7.76. The molecule has 96 valence electrons. The number of hydrogen-bond acceptors (Lipinski definition) is 2. The minimum Gasteiger partial charge on any atom is -0.496 e. The summed E-state index contributed by atoms with van der Waals surface area (Å²) in [4.78, 5) is 0. The summed E-state index contributed by atoms with van der Waals surface area (Å²) in [6.07, 6.45) is 2.23. The van der Waals surface area contributed by atoms with Gasteiger partial charge < -0.3 is 10.1 Å². The van der Waals surface area contributed by atoms with Gasteiger partial charge in [-0.05, 0) is 50.4 Å². The van der Waals surface area contributed by atoms with Gasteiger partial charge >= 0.3 is 0 Å². The molecular formula is C15H25NO. The first-order valence-corrected chi connectivity index (χ1v) is 6.26. The second-order valence-electron chi connectivity index (χ2n) is 5.51. The molecule has 0 amide bonds. The zero-order valence-corrected chi connectivity index (χ0v) is 11.8. The van der Waals surface area contributed by atoms with Crippen LogP contribution >= 0.6 is 0 Å². The predicted molar refractivity (Wildman–Crippen MR) is 73.8 cm³/mol. The van der Waals surface area contributed by atoms with E-state index in [1.54, 1.807) is 7.11 Å². The highest BCUT2D eigenvalue weighted by atomic mass is 16.5. The summed E-state index contributed by atoms with van der Waals surface area (Å²) in [6, 6.07) is 6.39. The fraction of sp³-hybridized carbons (Fsp3) is 0.600. The standard InChI is InChI=1S/C15H25NO/c1-12-6-7-14(17-5)13(10-12)8-9-15(2,3)11-16-4/h6-7,10,16H,8-9,11H2,1-5H3. The second-order valence-corrected chi connectivity index (χ2v) is 5.51. The van der Waals surface area contributed by atoms with Gasteiger partial charge in [0.05, 0.1) is 7.11 Å². The van der Waals surface area contributed by atoms with Crippen molar-refractivity contribution in [1.29, 1.82) is 0 Å².